The van der Waals surface area contributed by atoms with Gasteiger partial charge in [-0.3, -0.25) is 4.79 Å². The van der Waals surface area contributed by atoms with E-state index in [1.165, 1.54) is 23.7 Å². The molecule has 0 bridgehead atoms. The molecular weight excluding hydrogens is 463 g/mol. The van der Waals surface area contributed by atoms with E-state index in [-0.39, 0.29) is 24.7 Å². The van der Waals surface area contributed by atoms with Crippen molar-refractivity contribution >= 4 is 44.5 Å². The summed E-state index contributed by atoms with van der Waals surface area (Å²) in [6.45, 7) is 0.259. The summed E-state index contributed by atoms with van der Waals surface area (Å²) in [6, 6.07) is 6.89. The normalized spacial score (nSPS) is 10.9. The van der Waals surface area contributed by atoms with E-state index in [1.54, 1.807) is 40.4 Å². The van der Waals surface area contributed by atoms with Gasteiger partial charge in [-0.05, 0) is 39.7 Å². The maximum absolute atomic E-state index is 14.3. The summed E-state index contributed by atoms with van der Waals surface area (Å²) in [5.74, 6) is -0.515. The molecule has 0 saturated heterocycles. The van der Waals surface area contributed by atoms with Crippen molar-refractivity contribution in [3.63, 3.8) is 0 Å². The van der Waals surface area contributed by atoms with Crippen LogP contribution in [0.4, 0.5) is 4.39 Å². The molecule has 1 N–H and O–H groups in total. The second kappa shape index (κ2) is 8.34. The average Bonchev–Trinajstić information content (AvgIpc) is 3.42. The van der Waals surface area contributed by atoms with Crippen molar-refractivity contribution in [1.82, 2.24) is 19.9 Å². The first-order valence-corrected chi connectivity index (χ1v) is 10.9. The first-order chi connectivity index (χ1) is 13.6. The molecule has 0 aliphatic rings. The third kappa shape index (κ3) is 4.37. The van der Waals surface area contributed by atoms with E-state index in [9.17, 15) is 9.18 Å². The fourth-order valence-corrected chi connectivity index (χ4v) is 4.95. The van der Waals surface area contributed by atoms with Crippen molar-refractivity contribution in [2.75, 3.05) is 0 Å². The van der Waals surface area contributed by atoms with Crippen LogP contribution in [0.25, 0.3) is 15.6 Å². The van der Waals surface area contributed by atoms with Crippen LogP contribution in [0.15, 0.2) is 58.2 Å². The molecule has 1 amide bonds. The average molecular weight is 477 g/mol. The van der Waals surface area contributed by atoms with Gasteiger partial charge in [-0.15, -0.1) is 22.7 Å². The van der Waals surface area contributed by atoms with Gasteiger partial charge >= 0.3 is 0 Å². The summed E-state index contributed by atoms with van der Waals surface area (Å²) in [4.78, 5) is 21.7. The molecule has 1 aromatic carbocycles. The van der Waals surface area contributed by atoms with E-state index in [2.05, 4.69) is 31.2 Å². The van der Waals surface area contributed by atoms with Gasteiger partial charge in [-0.2, -0.15) is 0 Å². The zero-order chi connectivity index (χ0) is 19.5. The third-order valence-corrected chi connectivity index (χ3v) is 6.71. The predicted octanol–water partition coefficient (Wildman–Crippen LogP) is 4.82. The second-order valence-corrected chi connectivity index (χ2v) is 8.67. The Hall–Kier alpha value is -2.36. The molecule has 9 heteroatoms. The van der Waals surface area contributed by atoms with E-state index in [1.807, 2.05) is 16.8 Å². The zero-order valence-corrected chi connectivity index (χ0v) is 17.7. The molecule has 142 valence electrons. The van der Waals surface area contributed by atoms with Gasteiger partial charge in [-0.25, -0.2) is 14.4 Å². The highest BCUT2D eigenvalue weighted by Gasteiger charge is 2.11. The number of benzene rings is 1. The Bertz CT molecular complexity index is 1110. The van der Waals surface area contributed by atoms with Crippen LogP contribution in [0.1, 0.15) is 11.3 Å². The van der Waals surface area contributed by atoms with Gasteiger partial charge < -0.3 is 9.88 Å². The van der Waals surface area contributed by atoms with E-state index in [4.69, 9.17) is 0 Å². The highest BCUT2D eigenvalue weighted by molar-refractivity contribution is 9.10. The lowest BCUT2D eigenvalue weighted by molar-refractivity contribution is -0.120. The number of nitrogens with zero attached hydrogens (tertiary/aromatic N) is 3. The number of halogens is 2. The minimum Gasteiger partial charge on any atom is -0.352 e. The van der Waals surface area contributed by atoms with E-state index in [0.29, 0.717) is 11.3 Å². The Morgan fingerprint density at radius 1 is 1.25 bits per heavy atom. The number of nitrogens with one attached hydrogen (secondary N) is 1. The van der Waals surface area contributed by atoms with Gasteiger partial charge in [0, 0.05) is 34.2 Å². The first-order valence-electron chi connectivity index (χ1n) is 8.31. The summed E-state index contributed by atoms with van der Waals surface area (Å²) in [6.07, 6.45) is 5.00. The standard InChI is InChI=1S/C19H14BrFN4OS2/c20-13-6-17(27-9-13)19-24-14(10-28-19)7-18(26)23-8-12-1-2-16(15(21)5-12)25-4-3-22-11-25/h1-6,9-11H,7-8H2,(H,23,26). The Morgan fingerprint density at radius 2 is 2.14 bits per heavy atom. The zero-order valence-electron chi connectivity index (χ0n) is 14.4. The fourth-order valence-electron chi connectivity index (χ4n) is 2.63. The van der Waals surface area contributed by atoms with E-state index < -0.39 is 0 Å². The Kier molecular flexibility index (Phi) is 5.65. The molecule has 0 atom stereocenters. The van der Waals surface area contributed by atoms with Gasteiger partial charge in [0.1, 0.15) is 10.8 Å². The molecule has 0 aliphatic carbocycles. The van der Waals surface area contributed by atoms with Crippen molar-refractivity contribution in [3.8, 4) is 15.6 Å². The van der Waals surface area contributed by atoms with Crippen molar-refractivity contribution in [3.05, 3.63) is 75.3 Å². The number of hydrogen-bond donors (Lipinski definition) is 1. The number of amides is 1. The van der Waals surface area contributed by atoms with Gasteiger partial charge in [0.15, 0.2) is 0 Å². The monoisotopic (exact) mass is 476 g/mol. The molecule has 0 spiro atoms. The van der Waals surface area contributed by atoms with Crippen LogP contribution in [-0.4, -0.2) is 20.4 Å². The van der Waals surface area contributed by atoms with Gasteiger partial charge in [0.2, 0.25) is 5.91 Å². The summed E-state index contributed by atoms with van der Waals surface area (Å²) in [5.41, 5.74) is 1.84. The lowest BCUT2D eigenvalue weighted by atomic mass is 10.2. The molecule has 4 aromatic rings. The van der Waals surface area contributed by atoms with Crippen LogP contribution in [-0.2, 0) is 17.8 Å². The Balaban J connectivity index is 1.35. The quantitative estimate of drug-likeness (QED) is 0.433. The molecule has 0 radical (unpaired) electrons. The van der Waals surface area contributed by atoms with E-state index in [0.717, 1.165) is 20.1 Å². The number of imidazole rings is 1. The summed E-state index contributed by atoms with van der Waals surface area (Å²) < 4.78 is 16.9. The van der Waals surface area contributed by atoms with Crippen LogP contribution in [0.3, 0.4) is 0 Å². The molecular formula is C19H14BrFN4OS2. The number of carbonyl (C=O) groups is 1. The Morgan fingerprint density at radius 3 is 2.86 bits per heavy atom. The Labute approximate surface area is 177 Å². The molecule has 0 fully saturated rings. The minimum absolute atomic E-state index is 0.150. The maximum Gasteiger partial charge on any atom is 0.226 e. The first kappa shape index (κ1) is 19.0. The number of hydrogen-bond acceptors (Lipinski definition) is 5. The van der Waals surface area contributed by atoms with Crippen LogP contribution < -0.4 is 5.32 Å². The summed E-state index contributed by atoms with van der Waals surface area (Å²) >= 11 is 6.55. The molecule has 3 aromatic heterocycles. The molecule has 28 heavy (non-hydrogen) atoms. The van der Waals surface area contributed by atoms with Crippen molar-refractivity contribution in [2.24, 2.45) is 0 Å². The third-order valence-electron chi connectivity index (χ3n) is 3.96. The topological polar surface area (TPSA) is 59.8 Å². The molecule has 5 nitrogen and oxygen atoms in total. The van der Waals surface area contributed by atoms with Gasteiger partial charge in [-0.1, -0.05) is 6.07 Å². The number of aromatic nitrogens is 3. The van der Waals surface area contributed by atoms with Crippen molar-refractivity contribution < 1.29 is 9.18 Å². The van der Waals surface area contributed by atoms with Crippen LogP contribution in [0.5, 0.6) is 0 Å². The number of thiazole rings is 1. The largest absolute Gasteiger partial charge is 0.352 e. The lowest BCUT2D eigenvalue weighted by Gasteiger charge is -2.08. The predicted molar refractivity (Wildman–Crippen MR) is 112 cm³/mol. The summed E-state index contributed by atoms with van der Waals surface area (Å²) in [7, 11) is 0. The molecule has 0 saturated carbocycles. The molecule has 0 unspecified atom stereocenters. The SMILES string of the molecule is O=C(Cc1csc(-c2cc(Br)cs2)n1)NCc1ccc(-n2ccnc2)c(F)c1. The molecule has 0 aliphatic heterocycles. The highest BCUT2D eigenvalue weighted by Crippen LogP contribution is 2.32. The number of thiophene rings is 1. The highest BCUT2D eigenvalue weighted by atomic mass is 79.9. The minimum atomic E-state index is -0.365. The number of carbonyl (C=O) groups excluding carboxylic acids is 1. The van der Waals surface area contributed by atoms with Crippen LogP contribution in [0, 0.1) is 5.82 Å². The van der Waals surface area contributed by atoms with Crippen LogP contribution in [0.2, 0.25) is 0 Å². The van der Waals surface area contributed by atoms with Crippen molar-refractivity contribution in [2.45, 2.75) is 13.0 Å². The lowest BCUT2D eigenvalue weighted by Crippen LogP contribution is -2.24. The fraction of sp³-hybridized carbons (Fsp3) is 0.105. The second-order valence-electron chi connectivity index (χ2n) is 5.98. The van der Waals surface area contributed by atoms with Crippen LogP contribution >= 0.6 is 38.6 Å². The molecule has 4 rings (SSSR count). The van der Waals surface area contributed by atoms with Gasteiger partial charge in [0.25, 0.3) is 0 Å². The maximum atomic E-state index is 14.3. The molecule has 3 heterocycles. The smallest absolute Gasteiger partial charge is 0.226 e. The van der Waals surface area contributed by atoms with Gasteiger partial charge in [0.05, 0.1) is 29.0 Å². The summed E-state index contributed by atoms with van der Waals surface area (Å²) in [5, 5.41) is 7.61. The number of rotatable bonds is 6. The van der Waals surface area contributed by atoms with E-state index >= 15 is 0 Å². The van der Waals surface area contributed by atoms with Crippen molar-refractivity contribution in [1.29, 1.82) is 0 Å².